The molecule has 0 bridgehead atoms. The summed E-state index contributed by atoms with van der Waals surface area (Å²) < 4.78 is 27.1. The number of rotatable bonds is 3. The maximum atomic E-state index is 12.8. The van der Waals surface area contributed by atoms with Crippen LogP contribution in [0, 0.1) is 18.8 Å². The van der Waals surface area contributed by atoms with Crippen molar-refractivity contribution in [2.24, 2.45) is 0 Å². The number of aliphatic hydroxyl groups is 1. The maximum absolute atomic E-state index is 12.8. The fourth-order valence-electron chi connectivity index (χ4n) is 2.26. The summed E-state index contributed by atoms with van der Waals surface area (Å²) in [6.45, 7) is 1.54. The van der Waals surface area contributed by atoms with E-state index in [1.54, 1.807) is 43.9 Å². The molecule has 1 saturated heterocycles. The lowest BCUT2D eigenvalue weighted by Crippen LogP contribution is -2.37. The van der Waals surface area contributed by atoms with E-state index in [0.29, 0.717) is 16.0 Å². The lowest BCUT2D eigenvalue weighted by molar-refractivity contribution is 0.350. The lowest BCUT2D eigenvalue weighted by Gasteiger charge is -2.24. The maximum Gasteiger partial charge on any atom is 0.243 e. The Balaban J connectivity index is 2.38. The molecule has 2 rings (SSSR count). The molecular formula is C15H19NO3S2. The zero-order valence-electron chi connectivity index (χ0n) is 12.2. The Labute approximate surface area is 130 Å². The van der Waals surface area contributed by atoms with Gasteiger partial charge in [0.1, 0.15) is 6.61 Å². The zero-order valence-corrected chi connectivity index (χ0v) is 13.8. The highest BCUT2D eigenvalue weighted by Gasteiger charge is 2.31. The van der Waals surface area contributed by atoms with Gasteiger partial charge in [0.2, 0.25) is 10.0 Å². The summed E-state index contributed by atoms with van der Waals surface area (Å²) in [6.07, 6.45) is 0.892. The van der Waals surface area contributed by atoms with E-state index in [9.17, 15) is 8.42 Å². The van der Waals surface area contributed by atoms with Crippen LogP contribution >= 0.6 is 11.8 Å². The van der Waals surface area contributed by atoms with Gasteiger partial charge in [-0.2, -0.15) is 16.1 Å². The van der Waals surface area contributed by atoms with Gasteiger partial charge in [0, 0.05) is 24.4 Å². The molecule has 114 valence electrons. The molecule has 1 aliphatic rings. The minimum atomic E-state index is -3.51. The van der Waals surface area contributed by atoms with Crippen LogP contribution in [0.1, 0.15) is 17.5 Å². The van der Waals surface area contributed by atoms with E-state index in [-0.39, 0.29) is 12.6 Å². The predicted molar refractivity (Wildman–Crippen MR) is 85.8 cm³/mol. The number of benzene rings is 1. The van der Waals surface area contributed by atoms with E-state index < -0.39 is 10.0 Å². The topological polar surface area (TPSA) is 57.6 Å². The second-order valence-electron chi connectivity index (χ2n) is 4.98. The van der Waals surface area contributed by atoms with Crippen LogP contribution in [0.15, 0.2) is 23.1 Å². The number of aryl methyl sites for hydroxylation is 1. The second kappa shape index (κ2) is 6.84. The molecule has 21 heavy (non-hydrogen) atoms. The first-order valence-electron chi connectivity index (χ1n) is 6.73. The fraction of sp³-hybridized carbons (Fsp3) is 0.467. The molecule has 1 atom stereocenters. The van der Waals surface area contributed by atoms with Crippen molar-refractivity contribution in [1.29, 1.82) is 0 Å². The van der Waals surface area contributed by atoms with Gasteiger partial charge in [-0.1, -0.05) is 17.9 Å². The van der Waals surface area contributed by atoms with Gasteiger partial charge in [-0.05, 0) is 36.8 Å². The number of hydrogen-bond donors (Lipinski definition) is 1. The molecule has 0 spiro atoms. The third-order valence-electron chi connectivity index (χ3n) is 3.58. The molecule has 0 aromatic heterocycles. The molecule has 1 aliphatic heterocycles. The first kappa shape index (κ1) is 16.4. The molecule has 1 fully saturated rings. The van der Waals surface area contributed by atoms with E-state index in [4.69, 9.17) is 5.11 Å². The summed E-state index contributed by atoms with van der Waals surface area (Å²) in [4.78, 5) is 0.298. The Kier molecular flexibility index (Phi) is 5.33. The predicted octanol–water partition coefficient (Wildman–Crippen LogP) is 1.46. The molecule has 1 aromatic rings. The first-order chi connectivity index (χ1) is 9.96. The van der Waals surface area contributed by atoms with Crippen LogP contribution in [0.5, 0.6) is 0 Å². The zero-order chi connectivity index (χ0) is 15.5. The molecule has 1 unspecified atom stereocenters. The summed E-state index contributed by atoms with van der Waals surface area (Å²) in [5.74, 6) is 7.15. The number of sulfonamides is 1. The van der Waals surface area contributed by atoms with E-state index in [1.807, 2.05) is 0 Å². The van der Waals surface area contributed by atoms with Gasteiger partial charge in [0.15, 0.2) is 0 Å². The van der Waals surface area contributed by atoms with Crippen molar-refractivity contribution in [3.63, 3.8) is 0 Å². The van der Waals surface area contributed by atoms with Crippen LogP contribution in [-0.4, -0.2) is 49.0 Å². The Morgan fingerprint density at radius 1 is 1.48 bits per heavy atom. The molecule has 1 aromatic carbocycles. The molecule has 1 heterocycles. The van der Waals surface area contributed by atoms with Gasteiger partial charge in [-0.25, -0.2) is 8.42 Å². The van der Waals surface area contributed by atoms with E-state index in [0.717, 1.165) is 17.9 Å². The average molecular weight is 325 g/mol. The van der Waals surface area contributed by atoms with Crippen molar-refractivity contribution in [3.05, 3.63) is 29.3 Å². The van der Waals surface area contributed by atoms with Crippen molar-refractivity contribution in [1.82, 2.24) is 4.31 Å². The lowest BCUT2D eigenvalue weighted by atomic mass is 10.1. The van der Waals surface area contributed by atoms with Gasteiger partial charge >= 0.3 is 0 Å². The smallest absolute Gasteiger partial charge is 0.243 e. The molecule has 0 amide bonds. The van der Waals surface area contributed by atoms with E-state index >= 15 is 0 Å². The number of hydrogen-bond acceptors (Lipinski definition) is 4. The number of aliphatic hydroxyl groups excluding tert-OH is 1. The molecule has 0 saturated carbocycles. The SMILES string of the molecule is Cc1ccc(C#CCO)cc1S(=O)(=O)N(C)C1CCSC1. The second-order valence-corrected chi connectivity index (χ2v) is 8.09. The minimum absolute atomic E-state index is 0.0617. The normalized spacial score (nSPS) is 18.6. The molecule has 4 nitrogen and oxygen atoms in total. The van der Waals surface area contributed by atoms with Gasteiger partial charge in [0.05, 0.1) is 4.90 Å². The largest absolute Gasteiger partial charge is 0.384 e. The summed E-state index contributed by atoms with van der Waals surface area (Å²) in [6, 6.07) is 5.17. The quantitative estimate of drug-likeness (QED) is 0.855. The fourth-order valence-corrected chi connectivity index (χ4v) is 5.25. The van der Waals surface area contributed by atoms with Gasteiger partial charge in [-0.3, -0.25) is 0 Å². The van der Waals surface area contributed by atoms with Crippen molar-refractivity contribution in [2.75, 3.05) is 25.2 Å². The standard InChI is InChI=1S/C15H19NO3S2/c1-12-5-6-13(4-3-8-17)10-15(12)21(18,19)16(2)14-7-9-20-11-14/h5-6,10,14,17H,7-9,11H2,1-2H3. The van der Waals surface area contributed by atoms with E-state index in [2.05, 4.69) is 11.8 Å². The summed E-state index contributed by atoms with van der Waals surface area (Å²) in [5.41, 5.74) is 1.31. The molecule has 0 aliphatic carbocycles. The highest BCUT2D eigenvalue weighted by molar-refractivity contribution is 7.99. The monoisotopic (exact) mass is 325 g/mol. The molecular weight excluding hydrogens is 306 g/mol. The third kappa shape index (κ3) is 3.61. The summed E-state index contributed by atoms with van der Waals surface area (Å²) in [7, 11) is -1.86. The Morgan fingerprint density at radius 2 is 2.24 bits per heavy atom. The van der Waals surface area contributed by atoms with Crippen molar-refractivity contribution < 1.29 is 13.5 Å². The highest BCUT2D eigenvalue weighted by Crippen LogP contribution is 2.27. The molecule has 6 heteroatoms. The Hall–Kier alpha value is -1.000. The van der Waals surface area contributed by atoms with E-state index in [1.165, 1.54) is 4.31 Å². The number of nitrogens with zero attached hydrogens (tertiary/aromatic N) is 1. The summed E-state index contributed by atoms with van der Waals surface area (Å²) >= 11 is 1.78. The third-order valence-corrected chi connectivity index (χ3v) is 6.77. The van der Waals surface area contributed by atoms with Crippen LogP contribution in [0.2, 0.25) is 0 Å². The number of thioether (sulfide) groups is 1. The summed E-state index contributed by atoms with van der Waals surface area (Å²) in [5, 5.41) is 8.74. The molecule has 0 radical (unpaired) electrons. The molecule has 1 N–H and O–H groups in total. The van der Waals surface area contributed by atoms with Gasteiger partial charge in [-0.15, -0.1) is 0 Å². The Morgan fingerprint density at radius 3 is 2.86 bits per heavy atom. The van der Waals surface area contributed by atoms with Crippen LogP contribution in [0.25, 0.3) is 0 Å². The van der Waals surface area contributed by atoms with Crippen molar-refractivity contribution >= 4 is 21.8 Å². The Bertz CT molecular complexity index is 668. The van der Waals surface area contributed by atoms with Crippen molar-refractivity contribution in [2.45, 2.75) is 24.3 Å². The minimum Gasteiger partial charge on any atom is -0.384 e. The van der Waals surface area contributed by atoms with Crippen LogP contribution in [-0.2, 0) is 10.0 Å². The van der Waals surface area contributed by atoms with Crippen LogP contribution in [0.4, 0.5) is 0 Å². The first-order valence-corrected chi connectivity index (χ1v) is 9.32. The highest BCUT2D eigenvalue weighted by atomic mass is 32.2. The average Bonchev–Trinajstić information content (AvgIpc) is 2.99. The van der Waals surface area contributed by atoms with Crippen LogP contribution in [0.3, 0.4) is 0 Å². The van der Waals surface area contributed by atoms with Crippen LogP contribution < -0.4 is 0 Å². The van der Waals surface area contributed by atoms with Gasteiger partial charge < -0.3 is 5.11 Å². The van der Waals surface area contributed by atoms with Crippen molar-refractivity contribution in [3.8, 4) is 11.8 Å². The van der Waals surface area contributed by atoms with Gasteiger partial charge in [0.25, 0.3) is 0 Å².